The van der Waals surface area contributed by atoms with Crippen LogP contribution in [0.15, 0.2) is 18.7 Å². The van der Waals surface area contributed by atoms with Gasteiger partial charge in [-0.25, -0.2) is 17.6 Å². The average molecular weight is 308 g/mol. The first kappa shape index (κ1) is 19.0. The molecule has 0 aliphatic heterocycles. The van der Waals surface area contributed by atoms with E-state index in [4.69, 9.17) is 22.4 Å². The van der Waals surface area contributed by atoms with Crippen molar-refractivity contribution in [3.05, 3.63) is 18.7 Å². The fourth-order valence-electron chi connectivity index (χ4n) is 1.38. The Hall–Kier alpha value is -0.960. The van der Waals surface area contributed by atoms with Gasteiger partial charge in [-0.05, 0) is 6.42 Å². The predicted molar refractivity (Wildman–Crippen MR) is 73.2 cm³/mol. The summed E-state index contributed by atoms with van der Waals surface area (Å²) in [6.45, 7) is 6.24. The minimum atomic E-state index is -3.92. The molecule has 0 amide bonds. The largest absolute Gasteiger partial charge is 0.748 e. The Labute approximate surface area is 120 Å². The number of aryl methyl sites for hydroxylation is 1. The standard InChI is InChI=1S/C11H21N2O2.CH4O3S/c1-3-4-12-5-6-13(11-12)7-8-15-10-9-14-2;1-5(2,3)4/h5-6,11H,3-4,7-10H2,1-2H3;1H3,(H,2,3,4)/q+1;/p-1. The number of imidazole rings is 1. The molecule has 7 nitrogen and oxygen atoms in total. The van der Waals surface area contributed by atoms with Crippen LogP contribution >= 0.6 is 0 Å². The molecule has 0 atom stereocenters. The van der Waals surface area contributed by atoms with Crippen LogP contribution in [0.3, 0.4) is 0 Å². The van der Waals surface area contributed by atoms with Gasteiger partial charge < -0.3 is 14.0 Å². The maximum absolute atomic E-state index is 9.08. The van der Waals surface area contributed by atoms with Crippen molar-refractivity contribution in [2.24, 2.45) is 0 Å². The van der Waals surface area contributed by atoms with Gasteiger partial charge in [0.2, 0.25) is 6.33 Å². The van der Waals surface area contributed by atoms with Crippen LogP contribution in [0, 0.1) is 0 Å². The highest BCUT2D eigenvalue weighted by molar-refractivity contribution is 7.84. The van der Waals surface area contributed by atoms with Crippen LogP contribution in [0.1, 0.15) is 13.3 Å². The van der Waals surface area contributed by atoms with Crippen molar-refractivity contribution < 1.29 is 27.0 Å². The number of nitrogens with zero attached hydrogens (tertiary/aromatic N) is 2. The summed E-state index contributed by atoms with van der Waals surface area (Å²) < 4.78 is 41.8. The molecule has 1 aromatic rings. The molecule has 0 spiro atoms. The summed E-state index contributed by atoms with van der Waals surface area (Å²) in [6.07, 6.45) is 8.06. The fraction of sp³-hybridized carbons (Fsp3) is 0.750. The lowest BCUT2D eigenvalue weighted by Crippen LogP contribution is -2.30. The number of rotatable bonds is 8. The zero-order valence-corrected chi connectivity index (χ0v) is 13.1. The van der Waals surface area contributed by atoms with Gasteiger partial charge in [0, 0.05) is 13.4 Å². The third-order valence-electron chi connectivity index (χ3n) is 2.15. The first-order valence-corrected chi connectivity index (χ1v) is 8.20. The van der Waals surface area contributed by atoms with E-state index in [2.05, 4.69) is 34.8 Å². The Kier molecular flexibility index (Phi) is 10.3. The van der Waals surface area contributed by atoms with Crippen molar-refractivity contribution in [3.63, 3.8) is 0 Å². The van der Waals surface area contributed by atoms with Gasteiger partial charge >= 0.3 is 0 Å². The quantitative estimate of drug-likeness (QED) is 0.384. The lowest BCUT2D eigenvalue weighted by atomic mass is 10.5. The summed E-state index contributed by atoms with van der Waals surface area (Å²) in [7, 11) is -2.23. The number of hydrogen-bond donors (Lipinski definition) is 0. The molecule has 1 rings (SSSR count). The summed E-state index contributed by atoms with van der Waals surface area (Å²) in [5.74, 6) is 0. The Morgan fingerprint density at radius 3 is 2.50 bits per heavy atom. The van der Waals surface area contributed by atoms with Gasteiger partial charge in [-0.2, -0.15) is 0 Å². The van der Waals surface area contributed by atoms with Crippen LogP contribution in [0.25, 0.3) is 0 Å². The topological polar surface area (TPSA) is 84.5 Å². The molecule has 20 heavy (non-hydrogen) atoms. The van der Waals surface area contributed by atoms with Gasteiger partial charge in [-0.15, -0.1) is 0 Å². The smallest absolute Gasteiger partial charge is 0.243 e. The van der Waals surface area contributed by atoms with E-state index in [9.17, 15) is 0 Å². The molecule has 0 saturated carbocycles. The third kappa shape index (κ3) is 13.5. The highest BCUT2D eigenvalue weighted by Gasteiger charge is 2.01. The number of hydrogen-bond acceptors (Lipinski definition) is 5. The Morgan fingerprint density at radius 1 is 1.30 bits per heavy atom. The van der Waals surface area contributed by atoms with E-state index in [1.807, 2.05) is 0 Å². The molecule has 0 saturated heterocycles. The molecule has 118 valence electrons. The Balaban J connectivity index is 0.000000621. The van der Waals surface area contributed by atoms with E-state index in [1.165, 1.54) is 6.42 Å². The van der Waals surface area contributed by atoms with Crippen molar-refractivity contribution in [2.45, 2.75) is 26.4 Å². The maximum atomic E-state index is 9.08. The maximum Gasteiger partial charge on any atom is 0.243 e. The van der Waals surface area contributed by atoms with E-state index in [1.54, 1.807) is 7.11 Å². The van der Waals surface area contributed by atoms with E-state index < -0.39 is 10.1 Å². The van der Waals surface area contributed by atoms with Gasteiger partial charge in [-0.3, -0.25) is 0 Å². The molecule has 0 N–H and O–H groups in total. The molecule has 1 heterocycles. The summed E-state index contributed by atoms with van der Waals surface area (Å²) >= 11 is 0. The molecule has 0 radical (unpaired) electrons. The van der Waals surface area contributed by atoms with E-state index >= 15 is 0 Å². The van der Waals surface area contributed by atoms with Crippen molar-refractivity contribution in [2.75, 3.05) is 33.2 Å². The zero-order chi connectivity index (χ0) is 15.4. The second-order valence-corrected chi connectivity index (χ2v) is 5.61. The normalized spacial score (nSPS) is 11.0. The molecule has 0 aliphatic carbocycles. The predicted octanol–water partition coefficient (Wildman–Crippen LogP) is 0.0100. The lowest BCUT2D eigenvalue weighted by molar-refractivity contribution is -0.696. The van der Waals surface area contributed by atoms with Gasteiger partial charge in [0.25, 0.3) is 0 Å². The summed E-state index contributed by atoms with van der Waals surface area (Å²) in [5, 5.41) is 0. The monoisotopic (exact) mass is 308 g/mol. The number of methoxy groups -OCH3 is 1. The first-order chi connectivity index (χ1) is 9.36. The van der Waals surface area contributed by atoms with Crippen LogP contribution < -0.4 is 4.57 Å². The first-order valence-electron chi connectivity index (χ1n) is 6.39. The minimum Gasteiger partial charge on any atom is -0.748 e. The van der Waals surface area contributed by atoms with Crippen LogP contribution in [0.2, 0.25) is 0 Å². The molecular formula is C12H24N2O5S. The van der Waals surface area contributed by atoms with Crippen LogP contribution in [-0.4, -0.2) is 50.7 Å². The van der Waals surface area contributed by atoms with Crippen LogP contribution in [-0.2, 0) is 32.7 Å². The van der Waals surface area contributed by atoms with Crippen molar-refractivity contribution in [1.29, 1.82) is 0 Å². The van der Waals surface area contributed by atoms with Gasteiger partial charge in [0.15, 0.2) is 0 Å². The van der Waals surface area contributed by atoms with Gasteiger partial charge in [-0.1, -0.05) is 6.92 Å². The number of ether oxygens (including phenoxy) is 2. The molecule has 0 bridgehead atoms. The molecular weight excluding hydrogens is 284 g/mol. The second-order valence-electron chi connectivity index (χ2n) is 4.20. The van der Waals surface area contributed by atoms with Gasteiger partial charge in [0.05, 0.1) is 36.5 Å². The third-order valence-corrected chi connectivity index (χ3v) is 2.15. The molecule has 0 fully saturated rings. The molecule has 0 aliphatic rings. The van der Waals surface area contributed by atoms with E-state index in [0.717, 1.165) is 19.7 Å². The van der Waals surface area contributed by atoms with Crippen molar-refractivity contribution >= 4 is 10.1 Å². The summed E-state index contributed by atoms with van der Waals surface area (Å²) in [6, 6.07) is 0. The molecule has 0 unspecified atom stereocenters. The lowest BCUT2D eigenvalue weighted by Gasteiger charge is -2.00. The van der Waals surface area contributed by atoms with Crippen molar-refractivity contribution in [3.8, 4) is 0 Å². The van der Waals surface area contributed by atoms with E-state index in [-0.39, 0.29) is 0 Å². The number of aromatic nitrogens is 2. The molecule has 8 heteroatoms. The van der Waals surface area contributed by atoms with E-state index in [0.29, 0.717) is 19.5 Å². The van der Waals surface area contributed by atoms with Crippen molar-refractivity contribution in [1.82, 2.24) is 4.57 Å². The Bertz CT molecular complexity index is 436. The highest BCUT2D eigenvalue weighted by atomic mass is 32.2. The SMILES string of the molecule is CCC[n+]1ccn(CCOCCOC)c1.CS(=O)(=O)[O-]. The van der Waals surface area contributed by atoms with Gasteiger partial charge in [0.1, 0.15) is 18.9 Å². The molecule has 1 aromatic heterocycles. The van der Waals surface area contributed by atoms with Crippen LogP contribution in [0.4, 0.5) is 0 Å². The zero-order valence-electron chi connectivity index (χ0n) is 12.3. The second kappa shape index (κ2) is 10.8. The highest BCUT2D eigenvalue weighted by Crippen LogP contribution is 1.87. The molecule has 0 aromatic carbocycles. The van der Waals surface area contributed by atoms with Crippen LogP contribution in [0.5, 0.6) is 0 Å². The summed E-state index contributed by atoms with van der Waals surface area (Å²) in [5.41, 5.74) is 0. The fourth-order valence-corrected chi connectivity index (χ4v) is 1.38. The Morgan fingerprint density at radius 2 is 1.95 bits per heavy atom. The summed E-state index contributed by atoms with van der Waals surface area (Å²) in [4.78, 5) is 0. The average Bonchev–Trinajstić information content (AvgIpc) is 2.75. The minimum absolute atomic E-state index is 0.604.